The average Bonchev–Trinajstić information content (AvgIpc) is 2.49. The lowest BCUT2D eigenvalue weighted by atomic mass is 9.84. The molecular formula is C18H21F2N. The predicted octanol–water partition coefficient (Wildman–Crippen LogP) is 4.59. The van der Waals surface area contributed by atoms with Gasteiger partial charge in [-0.25, -0.2) is 8.78 Å². The van der Waals surface area contributed by atoms with E-state index in [1.807, 2.05) is 25.1 Å². The predicted molar refractivity (Wildman–Crippen MR) is 82.2 cm³/mol. The summed E-state index contributed by atoms with van der Waals surface area (Å²) in [6.45, 7) is 6.78. The summed E-state index contributed by atoms with van der Waals surface area (Å²) in [6.07, 6.45) is 0. The number of hydrogen-bond acceptors (Lipinski definition) is 1. The van der Waals surface area contributed by atoms with E-state index in [0.717, 1.165) is 6.07 Å². The third-order valence-corrected chi connectivity index (χ3v) is 3.85. The molecule has 0 radical (unpaired) electrons. The molecule has 2 rings (SSSR count). The molecule has 1 nitrogen and oxygen atoms in total. The Kier molecular flexibility index (Phi) is 4.73. The third kappa shape index (κ3) is 3.67. The molecule has 0 heterocycles. The first-order chi connectivity index (χ1) is 9.92. The summed E-state index contributed by atoms with van der Waals surface area (Å²) in [4.78, 5) is 0. The average molecular weight is 289 g/mol. The van der Waals surface area contributed by atoms with Gasteiger partial charge in [-0.15, -0.1) is 0 Å². The highest BCUT2D eigenvalue weighted by molar-refractivity contribution is 5.25. The van der Waals surface area contributed by atoms with Crippen LogP contribution in [0.5, 0.6) is 0 Å². The second-order valence-electron chi connectivity index (χ2n) is 6.00. The molecule has 3 heteroatoms. The number of nitrogens with one attached hydrogen (secondary N) is 1. The Labute approximate surface area is 125 Å². The Balaban J connectivity index is 2.07. The number of hydrogen-bond donors (Lipinski definition) is 1. The topological polar surface area (TPSA) is 12.0 Å². The van der Waals surface area contributed by atoms with Crippen LogP contribution >= 0.6 is 0 Å². The van der Waals surface area contributed by atoms with Crippen LogP contribution in [0, 0.1) is 11.6 Å². The summed E-state index contributed by atoms with van der Waals surface area (Å²) in [6, 6.07) is 14.2. The number of rotatable bonds is 5. The molecule has 0 saturated heterocycles. The van der Waals surface area contributed by atoms with Crippen molar-refractivity contribution in [3.63, 3.8) is 0 Å². The highest BCUT2D eigenvalue weighted by Gasteiger charge is 2.22. The third-order valence-electron chi connectivity index (χ3n) is 3.85. The maximum atomic E-state index is 13.8. The molecule has 0 aromatic heterocycles. The molecule has 0 saturated carbocycles. The molecule has 112 valence electrons. The van der Waals surface area contributed by atoms with Crippen molar-refractivity contribution in [1.82, 2.24) is 5.32 Å². The van der Waals surface area contributed by atoms with Crippen molar-refractivity contribution in [3.8, 4) is 0 Å². The summed E-state index contributed by atoms with van der Waals surface area (Å²) in [7, 11) is 0. The molecule has 1 atom stereocenters. The summed E-state index contributed by atoms with van der Waals surface area (Å²) >= 11 is 0. The Hall–Kier alpha value is -1.74. The van der Waals surface area contributed by atoms with Crippen LogP contribution in [0.3, 0.4) is 0 Å². The molecule has 0 bridgehead atoms. The summed E-state index contributed by atoms with van der Waals surface area (Å²) in [5.74, 6) is -1.57. The lowest BCUT2D eigenvalue weighted by Crippen LogP contribution is -2.34. The van der Waals surface area contributed by atoms with Gasteiger partial charge in [-0.3, -0.25) is 0 Å². The first-order valence-corrected chi connectivity index (χ1v) is 7.14. The first-order valence-electron chi connectivity index (χ1n) is 7.14. The maximum Gasteiger partial charge on any atom is 0.163 e. The van der Waals surface area contributed by atoms with E-state index in [2.05, 4.69) is 31.3 Å². The highest BCUT2D eigenvalue weighted by atomic mass is 19.2. The van der Waals surface area contributed by atoms with Gasteiger partial charge in [-0.05, 0) is 18.6 Å². The highest BCUT2D eigenvalue weighted by Crippen LogP contribution is 2.24. The smallest absolute Gasteiger partial charge is 0.163 e. The van der Waals surface area contributed by atoms with Crippen molar-refractivity contribution in [1.29, 1.82) is 0 Å². The minimum Gasteiger partial charge on any atom is -0.309 e. The fourth-order valence-corrected chi connectivity index (χ4v) is 2.36. The van der Waals surface area contributed by atoms with Gasteiger partial charge in [0.25, 0.3) is 0 Å². The van der Waals surface area contributed by atoms with Gasteiger partial charge in [0.2, 0.25) is 0 Å². The molecule has 1 unspecified atom stereocenters. The molecule has 0 aliphatic rings. The minimum absolute atomic E-state index is 0.0840. The van der Waals surface area contributed by atoms with Crippen LogP contribution in [0.1, 0.15) is 37.9 Å². The fraction of sp³-hybridized carbons (Fsp3) is 0.333. The van der Waals surface area contributed by atoms with E-state index in [1.54, 1.807) is 6.07 Å². The monoisotopic (exact) mass is 289 g/mol. The van der Waals surface area contributed by atoms with Crippen molar-refractivity contribution in [2.45, 2.75) is 32.2 Å². The van der Waals surface area contributed by atoms with Crippen LogP contribution in [0.25, 0.3) is 0 Å². The molecule has 2 aromatic carbocycles. The zero-order valence-electron chi connectivity index (χ0n) is 12.7. The van der Waals surface area contributed by atoms with Crippen LogP contribution < -0.4 is 5.32 Å². The Morgan fingerprint density at radius 3 is 2.33 bits per heavy atom. The SMILES string of the molecule is CC(NCC(C)(C)c1ccccc1)c1cccc(F)c1F. The van der Waals surface area contributed by atoms with E-state index in [1.165, 1.54) is 11.6 Å². The molecule has 0 aliphatic heterocycles. The van der Waals surface area contributed by atoms with Gasteiger partial charge in [-0.1, -0.05) is 56.3 Å². The van der Waals surface area contributed by atoms with Gasteiger partial charge < -0.3 is 5.32 Å². The second kappa shape index (κ2) is 6.35. The Bertz CT molecular complexity index is 593. The molecule has 0 amide bonds. The van der Waals surface area contributed by atoms with Gasteiger partial charge in [0.15, 0.2) is 11.6 Å². The normalized spacial score (nSPS) is 13.2. The number of benzene rings is 2. The van der Waals surface area contributed by atoms with Crippen LogP contribution in [0.4, 0.5) is 8.78 Å². The molecule has 1 N–H and O–H groups in total. The van der Waals surface area contributed by atoms with Crippen molar-refractivity contribution in [3.05, 3.63) is 71.3 Å². The fourth-order valence-electron chi connectivity index (χ4n) is 2.36. The minimum atomic E-state index is -0.802. The van der Waals surface area contributed by atoms with E-state index in [4.69, 9.17) is 0 Å². The van der Waals surface area contributed by atoms with Crippen LogP contribution in [0.15, 0.2) is 48.5 Å². The van der Waals surface area contributed by atoms with Crippen molar-refractivity contribution in [2.75, 3.05) is 6.54 Å². The van der Waals surface area contributed by atoms with Gasteiger partial charge in [0, 0.05) is 23.6 Å². The van der Waals surface area contributed by atoms with E-state index in [0.29, 0.717) is 12.1 Å². The van der Waals surface area contributed by atoms with Gasteiger partial charge in [0.05, 0.1) is 0 Å². The lowest BCUT2D eigenvalue weighted by molar-refractivity contribution is 0.420. The summed E-state index contributed by atoms with van der Waals surface area (Å²) in [5.41, 5.74) is 1.49. The van der Waals surface area contributed by atoms with Crippen LogP contribution in [-0.2, 0) is 5.41 Å². The molecule has 0 fully saturated rings. The van der Waals surface area contributed by atoms with Gasteiger partial charge in [0.1, 0.15) is 0 Å². The molecule has 0 aliphatic carbocycles. The summed E-state index contributed by atoms with van der Waals surface area (Å²) in [5, 5.41) is 3.30. The van der Waals surface area contributed by atoms with Crippen LogP contribution in [0.2, 0.25) is 0 Å². The molecule has 2 aromatic rings. The van der Waals surface area contributed by atoms with Crippen molar-refractivity contribution in [2.24, 2.45) is 0 Å². The molecular weight excluding hydrogens is 268 g/mol. The van der Waals surface area contributed by atoms with Crippen LogP contribution in [-0.4, -0.2) is 6.54 Å². The largest absolute Gasteiger partial charge is 0.309 e. The van der Waals surface area contributed by atoms with Gasteiger partial charge in [-0.2, -0.15) is 0 Å². The Morgan fingerprint density at radius 1 is 1.00 bits per heavy atom. The standard InChI is InChI=1S/C18H21F2N/c1-13(15-10-7-11-16(19)17(15)20)21-12-18(2,3)14-8-5-4-6-9-14/h4-11,13,21H,12H2,1-3H3. The van der Waals surface area contributed by atoms with E-state index in [9.17, 15) is 8.78 Å². The van der Waals surface area contributed by atoms with Crippen molar-refractivity contribution < 1.29 is 8.78 Å². The maximum absolute atomic E-state index is 13.8. The number of halogens is 2. The lowest BCUT2D eigenvalue weighted by Gasteiger charge is -2.28. The van der Waals surface area contributed by atoms with E-state index >= 15 is 0 Å². The zero-order chi connectivity index (χ0) is 15.5. The molecule has 0 spiro atoms. The van der Waals surface area contributed by atoms with E-state index < -0.39 is 11.6 Å². The first kappa shape index (κ1) is 15.6. The zero-order valence-corrected chi connectivity index (χ0v) is 12.7. The molecule has 21 heavy (non-hydrogen) atoms. The Morgan fingerprint density at radius 2 is 1.67 bits per heavy atom. The summed E-state index contributed by atoms with van der Waals surface area (Å²) < 4.78 is 27.1. The van der Waals surface area contributed by atoms with Crippen molar-refractivity contribution >= 4 is 0 Å². The van der Waals surface area contributed by atoms with Gasteiger partial charge >= 0.3 is 0 Å². The van der Waals surface area contributed by atoms with E-state index in [-0.39, 0.29) is 11.5 Å². The second-order valence-corrected chi connectivity index (χ2v) is 6.00. The quantitative estimate of drug-likeness (QED) is 0.848.